The molecule has 1 N–H and O–H groups in total. The van der Waals surface area contributed by atoms with Gasteiger partial charge >= 0.3 is 0 Å². The van der Waals surface area contributed by atoms with Gasteiger partial charge in [0, 0.05) is 12.6 Å². The summed E-state index contributed by atoms with van der Waals surface area (Å²) in [7, 11) is -2.60. The van der Waals surface area contributed by atoms with E-state index >= 15 is 0 Å². The van der Waals surface area contributed by atoms with Gasteiger partial charge in [-0.15, -0.1) is 0 Å². The van der Waals surface area contributed by atoms with E-state index in [1.165, 1.54) is 17.0 Å². The molecule has 0 aliphatic carbocycles. The molecule has 0 aromatic heterocycles. The van der Waals surface area contributed by atoms with Crippen molar-refractivity contribution in [3.63, 3.8) is 0 Å². The van der Waals surface area contributed by atoms with Gasteiger partial charge < -0.3 is 19.7 Å². The smallest absolute Gasteiger partial charge is 0.264 e. The lowest BCUT2D eigenvalue weighted by Gasteiger charge is -2.32. The fourth-order valence-corrected chi connectivity index (χ4v) is 5.67. The summed E-state index contributed by atoms with van der Waals surface area (Å²) >= 11 is 0. The maximum absolute atomic E-state index is 14.1. The molecule has 0 fully saturated rings. The first kappa shape index (κ1) is 32.5. The van der Waals surface area contributed by atoms with Crippen molar-refractivity contribution in [2.24, 2.45) is 0 Å². The second kappa shape index (κ2) is 14.7. The minimum atomic E-state index is -4.15. The lowest BCUT2D eigenvalue weighted by atomic mass is 10.1. The van der Waals surface area contributed by atoms with Crippen molar-refractivity contribution in [1.82, 2.24) is 10.2 Å². The van der Waals surface area contributed by atoms with Crippen LogP contribution in [0.3, 0.4) is 0 Å². The lowest BCUT2D eigenvalue weighted by molar-refractivity contribution is -0.139. The van der Waals surface area contributed by atoms with E-state index in [2.05, 4.69) is 5.32 Å². The Labute approximate surface area is 249 Å². The molecular formula is C32H41N3O6S. The number of amides is 2. The predicted octanol–water partition coefficient (Wildman–Crippen LogP) is 4.93. The van der Waals surface area contributed by atoms with Gasteiger partial charge in [0.2, 0.25) is 11.8 Å². The van der Waals surface area contributed by atoms with Gasteiger partial charge in [-0.3, -0.25) is 13.9 Å². The highest BCUT2D eigenvalue weighted by atomic mass is 32.2. The number of ether oxygens (including phenoxy) is 2. The number of nitrogens with zero attached hydrogens (tertiary/aromatic N) is 2. The molecule has 3 rings (SSSR count). The Balaban J connectivity index is 2.04. The number of anilines is 1. The fourth-order valence-electron chi connectivity index (χ4n) is 4.26. The molecule has 226 valence electrons. The molecule has 0 saturated carbocycles. The molecule has 42 heavy (non-hydrogen) atoms. The maximum atomic E-state index is 14.1. The summed E-state index contributed by atoms with van der Waals surface area (Å²) in [6.07, 6.45) is 0.725. The van der Waals surface area contributed by atoms with Gasteiger partial charge in [0.05, 0.1) is 24.3 Å². The number of sulfonamides is 1. The lowest BCUT2D eigenvalue weighted by Crippen LogP contribution is -2.52. The summed E-state index contributed by atoms with van der Waals surface area (Å²) in [5.41, 5.74) is 1.94. The van der Waals surface area contributed by atoms with Crippen LogP contribution in [0.4, 0.5) is 5.69 Å². The molecule has 3 aromatic rings. The van der Waals surface area contributed by atoms with Crippen LogP contribution in [0.1, 0.15) is 45.2 Å². The van der Waals surface area contributed by atoms with Crippen molar-refractivity contribution in [1.29, 1.82) is 0 Å². The average molecular weight is 596 g/mol. The van der Waals surface area contributed by atoms with Crippen LogP contribution in [0, 0.1) is 6.92 Å². The van der Waals surface area contributed by atoms with E-state index in [-0.39, 0.29) is 23.4 Å². The minimum absolute atomic E-state index is 0.0525. The van der Waals surface area contributed by atoms with Gasteiger partial charge in [-0.05, 0) is 88.2 Å². The van der Waals surface area contributed by atoms with Gasteiger partial charge in [0.1, 0.15) is 24.1 Å². The monoisotopic (exact) mass is 595 g/mol. The summed E-state index contributed by atoms with van der Waals surface area (Å²) in [4.78, 5) is 28.7. The molecule has 0 spiro atoms. The second-order valence-corrected chi connectivity index (χ2v) is 12.0. The van der Waals surface area contributed by atoms with Gasteiger partial charge in [0.15, 0.2) is 0 Å². The highest BCUT2D eigenvalue weighted by Gasteiger charge is 2.33. The zero-order valence-corrected chi connectivity index (χ0v) is 26.0. The largest absolute Gasteiger partial charge is 0.497 e. The van der Waals surface area contributed by atoms with Gasteiger partial charge in [-0.1, -0.05) is 36.8 Å². The van der Waals surface area contributed by atoms with E-state index in [0.717, 1.165) is 21.9 Å². The van der Waals surface area contributed by atoms with E-state index in [4.69, 9.17) is 9.47 Å². The molecule has 3 aromatic carbocycles. The third kappa shape index (κ3) is 8.25. The fraction of sp³-hybridized carbons (Fsp3) is 0.375. The number of hydrogen-bond donors (Lipinski definition) is 1. The summed E-state index contributed by atoms with van der Waals surface area (Å²) < 4.78 is 39.9. The Kier molecular flexibility index (Phi) is 11.4. The molecule has 9 nitrogen and oxygen atoms in total. The molecule has 0 heterocycles. The van der Waals surface area contributed by atoms with Gasteiger partial charge in [0.25, 0.3) is 10.0 Å². The summed E-state index contributed by atoms with van der Waals surface area (Å²) in [6, 6.07) is 19.2. The van der Waals surface area contributed by atoms with Crippen LogP contribution in [0.2, 0.25) is 0 Å². The summed E-state index contributed by atoms with van der Waals surface area (Å²) in [6.45, 7) is 9.23. The van der Waals surface area contributed by atoms with Crippen molar-refractivity contribution in [2.75, 3.05) is 24.6 Å². The molecule has 2 amide bonds. The number of aryl methyl sites for hydroxylation is 1. The van der Waals surface area contributed by atoms with Crippen LogP contribution in [0.25, 0.3) is 0 Å². The van der Waals surface area contributed by atoms with Gasteiger partial charge in [-0.2, -0.15) is 0 Å². The van der Waals surface area contributed by atoms with Crippen molar-refractivity contribution in [3.05, 3.63) is 83.9 Å². The summed E-state index contributed by atoms with van der Waals surface area (Å²) in [5.74, 6) is 0.327. The molecule has 0 bridgehead atoms. The highest BCUT2D eigenvalue weighted by Crippen LogP contribution is 2.27. The molecule has 10 heteroatoms. The topological polar surface area (TPSA) is 105 Å². The molecule has 0 aliphatic heterocycles. The van der Waals surface area contributed by atoms with Crippen molar-refractivity contribution in [3.8, 4) is 11.5 Å². The number of rotatable bonds is 14. The highest BCUT2D eigenvalue weighted by molar-refractivity contribution is 7.92. The minimum Gasteiger partial charge on any atom is -0.497 e. The quantitative estimate of drug-likeness (QED) is 0.283. The predicted molar refractivity (Wildman–Crippen MR) is 164 cm³/mol. The normalized spacial score (nSPS) is 12.6. The second-order valence-electron chi connectivity index (χ2n) is 10.1. The molecule has 0 radical (unpaired) electrons. The first-order chi connectivity index (χ1) is 20.0. The van der Waals surface area contributed by atoms with E-state index in [0.29, 0.717) is 23.8 Å². The van der Waals surface area contributed by atoms with E-state index in [1.807, 2.05) is 33.8 Å². The Bertz CT molecular complexity index is 1440. The number of carbonyl (C=O) groups excluding carboxylic acids is 2. The zero-order chi connectivity index (χ0) is 30.9. The zero-order valence-electron chi connectivity index (χ0n) is 25.2. The standard InChI is InChI=1S/C32H41N3O6S/c1-7-24(4)33-32(37)25(5)34(21-26-10-9-11-29(20-26)40-6)31(36)22-35(27-14-16-28(17-15-27)41-8-2)42(38,39)30-18-12-23(3)13-19-30/h9-20,24-25H,7-8,21-22H2,1-6H3,(H,33,37). The summed E-state index contributed by atoms with van der Waals surface area (Å²) in [5, 5.41) is 2.93. The van der Waals surface area contributed by atoms with Crippen LogP contribution in [0.15, 0.2) is 77.7 Å². The van der Waals surface area contributed by atoms with Crippen molar-refractivity contribution < 1.29 is 27.5 Å². The number of nitrogens with one attached hydrogen (secondary N) is 1. The number of hydrogen-bond acceptors (Lipinski definition) is 6. The average Bonchev–Trinajstić information content (AvgIpc) is 2.99. The first-order valence-corrected chi connectivity index (χ1v) is 15.5. The van der Waals surface area contributed by atoms with Crippen LogP contribution in [-0.2, 0) is 26.2 Å². The van der Waals surface area contributed by atoms with Crippen molar-refractivity contribution in [2.45, 2.75) is 64.6 Å². The number of carbonyl (C=O) groups is 2. The Morgan fingerprint density at radius 3 is 2.19 bits per heavy atom. The Hall–Kier alpha value is -4.05. The Morgan fingerprint density at radius 1 is 0.929 bits per heavy atom. The van der Waals surface area contributed by atoms with Crippen LogP contribution in [0.5, 0.6) is 11.5 Å². The van der Waals surface area contributed by atoms with E-state index in [1.54, 1.807) is 68.6 Å². The maximum Gasteiger partial charge on any atom is 0.264 e. The molecule has 2 atom stereocenters. The van der Waals surface area contributed by atoms with Crippen LogP contribution >= 0.6 is 0 Å². The number of benzene rings is 3. The molecule has 2 unspecified atom stereocenters. The molecule has 0 saturated heterocycles. The van der Waals surface area contributed by atoms with Crippen molar-refractivity contribution >= 4 is 27.5 Å². The third-order valence-electron chi connectivity index (χ3n) is 6.98. The number of methoxy groups -OCH3 is 1. The molecular weight excluding hydrogens is 554 g/mol. The molecule has 0 aliphatic rings. The van der Waals surface area contributed by atoms with E-state index in [9.17, 15) is 18.0 Å². The van der Waals surface area contributed by atoms with Gasteiger partial charge in [-0.25, -0.2) is 8.42 Å². The van der Waals surface area contributed by atoms with E-state index < -0.39 is 28.5 Å². The van der Waals surface area contributed by atoms with Crippen LogP contribution < -0.4 is 19.1 Å². The first-order valence-electron chi connectivity index (χ1n) is 14.0. The SMILES string of the molecule is CCOc1ccc(N(CC(=O)N(Cc2cccc(OC)c2)C(C)C(=O)NC(C)CC)S(=O)(=O)c2ccc(C)cc2)cc1. The Morgan fingerprint density at radius 2 is 1.60 bits per heavy atom. The third-order valence-corrected chi connectivity index (χ3v) is 8.77. The van der Waals surface area contributed by atoms with Crippen LogP contribution in [-0.4, -0.2) is 57.5 Å².